The number of aromatic nitrogens is 1. The lowest BCUT2D eigenvalue weighted by Gasteiger charge is -2.12. The van der Waals surface area contributed by atoms with Crippen LogP contribution in [0.3, 0.4) is 0 Å². The third kappa shape index (κ3) is 4.41. The molecule has 0 aliphatic rings. The van der Waals surface area contributed by atoms with Gasteiger partial charge < -0.3 is 5.32 Å². The van der Waals surface area contributed by atoms with Crippen molar-refractivity contribution in [2.24, 2.45) is 4.99 Å². The highest BCUT2D eigenvalue weighted by Crippen LogP contribution is 2.18. The van der Waals surface area contributed by atoms with E-state index >= 15 is 0 Å². The van der Waals surface area contributed by atoms with Crippen molar-refractivity contribution in [1.82, 2.24) is 3.96 Å². The van der Waals surface area contributed by atoms with Crippen LogP contribution in [0.1, 0.15) is 33.3 Å². The van der Waals surface area contributed by atoms with Crippen molar-refractivity contribution in [3.63, 3.8) is 0 Å². The molecule has 0 saturated heterocycles. The molecule has 3 rings (SSSR count). The van der Waals surface area contributed by atoms with Crippen LogP contribution < -0.4 is 10.8 Å². The maximum atomic E-state index is 11.5. The molecule has 2 N–H and O–H groups in total. The molecule has 0 fully saturated rings. The van der Waals surface area contributed by atoms with E-state index in [9.17, 15) is 4.79 Å². The van der Waals surface area contributed by atoms with Crippen LogP contribution in [0.5, 0.6) is 0 Å². The van der Waals surface area contributed by atoms with Crippen molar-refractivity contribution in [2.45, 2.75) is 27.7 Å². The summed E-state index contributed by atoms with van der Waals surface area (Å²) in [5, 5.41) is 11.6. The Morgan fingerprint density at radius 3 is 2.30 bits per heavy atom. The Morgan fingerprint density at radius 2 is 1.74 bits per heavy atom. The number of anilines is 1. The van der Waals surface area contributed by atoms with Gasteiger partial charge in [-0.05, 0) is 81.3 Å². The largest absolute Gasteiger partial charge is 0.325 e. The number of ketones is 1. The molecule has 5 nitrogen and oxygen atoms in total. The van der Waals surface area contributed by atoms with E-state index in [0.29, 0.717) is 22.7 Å². The highest BCUT2D eigenvalue weighted by atomic mass is 32.1. The van der Waals surface area contributed by atoms with Gasteiger partial charge in [-0.2, -0.15) is 0 Å². The summed E-state index contributed by atoms with van der Waals surface area (Å²) in [5.41, 5.74) is 5.05. The van der Waals surface area contributed by atoms with Gasteiger partial charge >= 0.3 is 0 Å². The maximum Gasteiger partial charge on any atom is 0.223 e. The average Bonchev–Trinajstić information content (AvgIpc) is 2.96. The summed E-state index contributed by atoms with van der Waals surface area (Å²) in [6.07, 6.45) is 0. The smallest absolute Gasteiger partial charge is 0.223 e. The van der Waals surface area contributed by atoms with Gasteiger partial charge in [-0.1, -0.05) is 17.6 Å². The van der Waals surface area contributed by atoms with E-state index in [0.717, 1.165) is 10.6 Å². The monoisotopic (exact) mass is 378 g/mol. The Labute approximate surface area is 162 Å². The summed E-state index contributed by atoms with van der Waals surface area (Å²) >= 11 is 1.46. The van der Waals surface area contributed by atoms with Gasteiger partial charge in [0.05, 0.1) is 5.69 Å². The van der Waals surface area contributed by atoms with Crippen LogP contribution in [0, 0.1) is 26.2 Å². The summed E-state index contributed by atoms with van der Waals surface area (Å²) < 4.78 is 1.75. The summed E-state index contributed by atoms with van der Waals surface area (Å²) in [6, 6.07) is 15.1. The number of Topliss-reactive ketones (excluding diaryl/α,β-unsaturated/α-hetero) is 1. The predicted octanol–water partition coefficient (Wildman–Crippen LogP) is 4.80. The lowest BCUT2D eigenvalue weighted by molar-refractivity contribution is 0.101. The molecule has 2 aromatic carbocycles. The molecule has 0 radical (unpaired) electrons. The number of carbonyl (C=O) groups is 1. The number of benzene rings is 2. The molecule has 0 bridgehead atoms. The number of nitrogens with zero attached hydrogens (tertiary/aromatic N) is 2. The van der Waals surface area contributed by atoms with Crippen LogP contribution in [-0.4, -0.2) is 15.7 Å². The molecule has 0 unspecified atom stereocenters. The van der Waals surface area contributed by atoms with Crippen LogP contribution in [0.25, 0.3) is 0 Å². The zero-order valence-electron chi connectivity index (χ0n) is 15.8. The molecule has 0 atom stereocenters. The number of hydrogen-bond acceptors (Lipinski definition) is 4. The molecule has 0 aliphatic heterocycles. The van der Waals surface area contributed by atoms with Crippen LogP contribution >= 0.6 is 11.5 Å². The van der Waals surface area contributed by atoms with Gasteiger partial charge in [0.15, 0.2) is 5.78 Å². The fraction of sp³-hybridized carbons (Fsp3) is 0.190. The van der Waals surface area contributed by atoms with Crippen molar-refractivity contribution in [2.75, 3.05) is 5.32 Å². The lowest BCUT2D eigenvalue weighted by Crippen LogP contribution is -2.28. The second-order valence-electron chi connectivity index (χ2n) is 6.49. The van der Waals surface area contributed by atoms with Crippen LogP contribution in [0.15, 0.2) is 53.5 Å². The molecular weight excluding hydrogens is 356 g/mol. The molecule has 6 heteroatoms. The van der Waals surface area contributed by atoms with E-state index in [-0.39, 0.29) is 5.78 Å². The second-order valence-corrected chi connectivity index (χ2v) is 7.68. The molecule has 1 heterocycles. The van der Waals surface area contributed by atoms with Gasteiger partial charge in [0.2, 0.25) is 5.96 Å². The van der Waals surface area contributed by atoms with Crippen molar-refractivity contribution >= 4 is 34.7 Å². The summed E-state index contributed by atoms with van der Waals surface area (Å²) in [5.74, 6) is 0.577. The summed E-state index contributed by atoms with van der Waals surface area (Å²) in [6.45, 7) is 7.65. The van der Waals surface area contributed by atoms with Crippen molar-refractivity contribution in [3.8, 4) is 0 Å². The molecule has 0 amide bonds. The fourth-order valence-electron chi connectivity index (χ4n) is 2.59. The first-order valence-corrected chi connectivity index (χ1v) is 9.40. The topological polar surface area (TPSA) is 70.2 Å². The molecule has 3 aromatic rings. The Hall–Kier alpha value is -2.99. The number of nitrogens with one attached hydrogen (secondary N) is 2. The van der Waals surface area contributed by atoms with Crippen LogP contribution in [0.4, 0.5) is 11.4 Å². The molecule has 0 aliphatic carbocycles. The highest BCUT2D eigenvalue weighted by Gasteiger charge is 2.09. The Kier molecular flexibility index (Phi) is 5.37. The molecule has 0 spiro atoms. The zero-order chi connectivity index (χ0) is 19.6. The number of rotatable bonds is 3. The standard InChI is InChI=1S/C21H22N4OS/c1-13-5-8-19(11-14(13)2)24-21(25-20(22)12-15(3)27-25)23-18-9-6-17(7-10-18)16(4)26/h5-12,22H,1-4H3,(H,23,24). The first-order chi connectivity index (χ1) is 12.8. The van der Waals surface area contributed by atoms with Gasteiger partial charge in [0.25, 0.3) is 0 Å². The molecule has 138 valence electrons. The van der Waals surface area contributed by atoms with E-state index in [1.54, 1.807) is 29.1 Å². The van der Waals surface area contributed by atoms with Gasteiger partial charge in [0.1, 0.15) is 5.49 Å². The third-order valence-corrected chi connectivity index (χ3v) is 5.22. The Morgan fingerprint density at radius 1 is 1.04 bits per heavy atom. The van der Waals surface area contributed by atoms with E-state index in [4.69, 9.17) is 10.4 Å². The SMILES string of the molecule is CC(=O)c1ccc(N=C(Nc2ccc(C)c(C)c2)n2sc(C)cc2=N)cc1. The maximum absolute atomic E-state index is 11.5. The van der Waals surface area contributed by atoms with Crippen molar-refractivity contribution in [3.05, 3.63) is 75.6 Å². The first kappa shape index (κ1) is 18.8. The van der Waals surface area contributed by atoms with Gasteiger partial charge in [0, 0.05) is 16.1 Å². The molecule has 27 heavy (non-hydrogen) atoms. The van der Waals surface area contributed by atoms with Crippen LogP contribution in [0.2, 0.25) is 0 Å². The molecular formula is C21H22N4OS. The minimum absolute atomic E-state index is 0.0238. The first-order valence-electron chi connectivity index (χ1n) is 8.62. The van der Waals surface area contributed by atoms with Crippen molar-refractivity contribution < 1.29 is 4.79 Å². The fourth-order valence-corrected chi connectivity index (χ4v) is 3.37. The van der Waals surface area contributed by atoms with E-state index < -0.39 is 0 Å². The lowest BCUT2D eigenvalue weighted by atomic mass is 10.1. The quantitative estimate of drug-likeness (QED) is 0.390. The normalized spacial score (nSPS) is 11.5. The van der Waals surface area contributed by atoms with E-state index in [1.807, 2.05) is 25.1 Å². The number of carbonyl (C=O) groups excluding carboxylic acids is 1. The van der Waals surface area contributed by atoms with Crippen LogP contribution in [-0.2, 0) is 0 Å². The number of aryl methyl sites for hydroxylation is 3. The molecule has 1 aromatic heterocycles. The summed E-state index contributed by atoms with van der Waals surface area (Å²) in [4.78, 5) is 17.2. The highest BCUT2D eigenvalue weighted by molar-refractivity contribution is 7.07. The van der Waals surface area contributed by atoms with Crippen molar-refractivity contribution in [1.29, 1.82) is 5.41 Å². The van der Waals surface area contributed by atoms with Gasteiger partial charge in [-0.15, -0.1) is 0 Å². The summed E-state index contributed by atoms with van der Waals surface area (Å²) in [7, 11) is 0. The van der Waals surface area contributed by atoms with Gasteiger partial charge in [-0.3, -0.25) is 10.2 Å². The van der Waals surface area contributed by atoms with E-state index in [2.05, 4.69) is 31.3 Å². The Bertz CT molecular complexity index is 1070. The van der Waals surface area contributed by atoms with Gasteiger partial charge in [-0.25, -0.2) is 8.95 Å². The second kappa shape index (κ2) is 7.72. The minimum atomic E-state index is 0.0238. The Balaban J connectivity index is 2.03. The predicted molar refractivity (Wildman–Crippen MR) is 111 cm³/mol. The number of hydrogen-bond donors (Lipinski definition) is 2. The zero-order valence-corrected chi connectivity index (χ0v) is 16.6. The third-order valence-electron chi connectivity index (χ3n) is 4.26. The molecule has 0 saturated carbocycles. The number of aliphatic imine (C=N–C) groups is 1. The van der Waals surface area contributed by atoms with E-state index in [1.165, 1.54) is 22.7 Å². The minimum Gasteiger partial charge on any atom is -0.325 e. The average molecular weight is 379 g/mol.